The van der Waals surface area contributed by atoms with Gasteiger partial charge in [-0.3, -0.25) is 0 Å². The summed E-state index contributed by atoms with van der Waals surface area (Å²) in [5, 5.41) is 20.9. The van der Waals surface area contributed by atoms with Crippen LogP contribution in [-0.2, 0) is 15.6 Å². The monoisotopic (exact) mass is 404 g/mol. The minimum absolute atomic E-state index is 0.0962. The van der Waals surface area contributed by atoms with Crippen LogP contribution < -0.4 is 10.2 Å². The Bertz CT molecular complexity index is 679. The van der Waals surface area contributed by atoms with Crippen LogP contribution in [0.2, 0.25) is 0 Å². The van der Waals surface area contributed by atoms with Crippen molar-refractivity contribution >= 4 is 12.6 Å². The number of ether oxygens (including phenoxy) is 2. The van der Waals surface area contributed by atoms with E-state index in [-0.39, 0.29) is 16.8 Å². The third-order valence-corrected chi connectivity index (χ3v) is 5.35. The Hall–Kier alpha value is -1.29. The van der Waals surface area contributed by atoms with Crippen molar-refractivity contribution in [2.75, 3.05) is 13.7 Å². The van der Waals surface area contributed by atoms with E-state index in [1.165, 1.54) is 21.0 Å². The van der Waals surface area contributed by atoms with Crippen molar-refractivity contribution in [3.8, 4) is 5.75 Å². The molecule has 2 rings (SSSR count). The molecule has 0 saturated carbocycles. The van der Waals surface area contributed by atoms with Crippen LogP contribution in [0.5, 0.6) is 5.75 Å². The number of methoxy groups -OCH3 is 1. The Kier molecular flexibility index (Phi) is 6.75. The molecule has 0 aromatic heterocycles. The van der Waals surface area contributed by atoms with Gasteiger partial charge in [-0.1, -0.05) is 0 Å². The molecule has 1 fully saturated rings. The van der Waals surface area contributed by atoms with Crippen LogP contribution in [0.25, 0.3) is 0 Å². The molecule has 0 spiro atoms. The molecule has 0 radical (unpaired) electrons. The van der Waals surface area contributed by atoms with Crippen molar-refractivity contribution in [1.29, 1.82) is 0 Å². The largest absolute Gasteiger partial charge is 0.497 e. The molecule has 9 heteroatoms. The average molecular weight is 404 g/mol. The summed E-state index contributed by atoms with van der Waals surface area (Å²) in [4.78, 5) is 0. The van der Waals surface area contributed by atoms with Gasteiger partial charge in [-0.2, -0.15) is 13.2 Å². The topological polar surface area (TPSA) is 68.2 Å². The highest BCUT2D eigenvalue weighted by atomic mass is 19.4. The van der Waals surface area contributed by atoms with E-state index in [4.69, 9.17) is 14.1 Å². The molecule has 0 aliphatic carbocycles. The standard InChI is InChI=1S/C19H28BF3O5/c1-17(2,24)18(3,4)28-20(25)14-11-12(19(21,22)23)10-13(16(14)26-5)15-8-6-7-9-27-15/h10-11,15,24-25H,6-9H2,1-5H3/t15-/m1/s1. The SMILES string of the molecule is COc1c(B(O)OC(C)(C)C(C)(C)O)cc(C(F)(F)F)cc1[C@H]1CCCCO1. The zero-order valence-electron chi connectivity index (χ0n) is 16.9. The third kappa shape index (κ3) is 5.00. The molecule has 0 unspecified atom stereocenters. The van der Waals surface area contributed by atoms with Crippen LogP contribution in [-0.4, -0.2) is 42.2 Å². The predicted molar refractivity (Wildman–Crippen MR) is 99.6 cm³/mol. The van der Waals surface area contributed by atoms with Gasteiger partial charge in [0.05, 0.1) is 30.0 Å². The van der Waals surface area contributed by atoms with E-state index in [1.54, 1.807) is 13.8 Å². The number of rotatable bonds is 6. The van der Waals surface area contributed by atoms with Crippen LogP contribution >= 0.6 is 0 Å². The van der Waals surface area contributed by atoms with Crippen molar-refractivity contribution in [2.24, 2.45) is 0 Å². The summed E-state index contributed by atoms with van der Waals surface area (Å²) in [6.07, 6.45) is -2.95. The van der Waals surface area contributed by atoms with Crippen molar-refractivity contribution in [2.45, 2.75) is 70.4 Å². The third-order valence-electron chi connectivity index (χ3n) is 5.35. The molecule has 1 atom stereocenters. The number of aliphatic hydroxyl groups is 1. The van der Waals surface area contributed by atoms with Crippen molar-refractivity contribution in [3.05, 3.63) is 23.3 Å². The number of benzene rings is 1. The van der Waals surface area contributed by atoms with E-state index < -0.39 is 36.2 Å². The molecule has 158 valence electrons. The summed E-state index contributed by atoms with van der Waals surface area (Å²) in [7, 11) is -0.410. The van der Waals surface area contributed by atoms with Gasteiger partial charge >= 0.3 is 13.3 Å². The average Bonchev–Trinajstić information content (AvgIpc) is 2.59. The Morgan fingerprint density at radius 2 is 1.79 bits per heavy atom. The molecule has 1 aromatic rings. The van der Waals surface area contributed by atoms with Gasteiger partial charge in [0.1, 0.15) is 5.75 Å². The summed E-state index contributed by atoms with van der Waals surface area (Å²) in [5.74, 6) is 0.0962. The maximum atomic E-state index is 13.5. The molecular formula is C19H28BF3O5. The first kappa shape index (κ1) is 23.0. The summed E-state index contributed by atoms with van der Waals surface area (Å²) < 4.78 is 57.1. The molecule has 1 aromatic carbocycles. The fourth-order valence-corrected chi connectivity index (χ4v) is 2.97. The van der Waals surface area contributed by atoms with E-state index in [9.17, 15) is 23.3 Å². The van der Waals surface area contributed by atoms with Gasteiger partial charge in [-0.25, -0.2) is 0 Å². The van der Waals surface area contributed by atoms with Gasteiger partial charge < -0.3 is 24.3 Å². The highest BCUT2D eigenvalue weighted by Gasteiger charge is 2.42. The fraction of sp³-hybridized carbons (Fsp3) is 0.684. The quantitative estimate of drug-likeness (QED) is 0.713. The van der Waals surface area contributed by atoms with Gasteiger partial charge in [0.25, 0.3) is 0 Å². The smallest absolute Gasteiger partial charge is 0.495 e. The molecule has 0 amide bonds. The lowest BCUT2D eigenvalue weighted by atomic mass is 9.74. The van der Waals surface area contributed by atoms with Crippen LogP contribution in [0.3, 0.4) is 0 Å². The Labute approximate surface area is 163 Å². The summed E-state index contributed by atoms with van der Waals surface area (Å²) in [5.41, 5.74) is -3.43. The zero-order chi connectivity index (χ0) is 21.3. The normalized spacial score (nSPS) is 18.9. The van der Waals surface area contributed by atoms with Crippen LogP contribution in [0.15, 0.2) is 12.1 Å². The first-order valence-electron chi connectivity index (χ1n) is 9.27. The van der Waals surface area contributed by atoms with E-state index in [1.807, 2.05) is 0 Å². The predicted octanol–water partition coefficient (Wildman–Crippen LogP) is 3.21. The maximum absolute atomic E-state index is 13.5. The second-order valence-corrected chi connectivity index (χ2v) is 8.08. The molecule has 1 aliphatic rings. The van der Waals surface area contributed by atoms with E-state index in [0.717, 1.165) is 25.0 Å². The van der Waals surface area contributed by atoms with E-state index >= 15 is 0 Å². The zero-order valence-corrected chi connectivity index (χ0v) is 16.9. The minimum atomic E-state index is -4.62. The van der Waals surface area contributed by atoms with Crippen molar-refractivity contribution < 1.29 is 37.4 Å². The Morgan fingerprint density at radius 1 is 1.14 bits per heavy atom. The lowest BCUT2D eigenvalue weighted by molar-refractivity contribution is -0.137. The van der Waals surface area contributed by atoms with Gasteiger partial charge in [0.15, 0.2) is 0 Å². The molecule has 5 nitrogen and oxygen atoms in total. The van der Waals surface area contributed by atoms with Crippen LogP contribution in [0.1, 0.15) is 64.2 Å². The number of hydrogen-bond acceptors (Lipinski definition) is 5. The van der Waals surface area contributed by atoms with E-state index in [0.29, 0.717) is 13.0 Å². The van der Waals surface area contributed by atoms with E-state index in [2.05, 4.69) is 0 Å². The van der Waals surface area contributed by atoms with Crippen LogP contribution in [0.4, 0.5) is 13.2 Å². The number of hydrogen-bond donors (Lipinski definition) is 2. The van der Waals surface area contributed by atoms with Gasteiger partial charge in [0.2, 0.25) is 0 Å². The number of halogens is 3. The van der Waals surface area contributed by atoms with Gasteiger partial charge in [0, 0.05) is 17.6 Å². The summed E-state index contributed by atoms with van der Waals surface area (Å²) in [6, 6.07) is 1.82. The summed E-state index contributed by atoms with van der Waals surface area (Å²) in [6.45, 7) is 6.52. The molecule has 1 saturated heterocycles. The molecule has 1 aliphatic heterocycles. The van der Waals surface area contributed by atoms with Crippen LogP contribution in [0, 0.1) is 0 Å². The second kappa shape index (κ2) is 8.22. The lowest BCUT2D eigenvalue weighted by Crippen LogP contribution is -2.53. The molecular weight excluding hydrogens is 376 g/mol. The first-order chi connectivity index (χ1) is 12.8. The van der Waals surface area contributed by atoms with Crippen molar-refractivity contribution in [1.82, 2.24) is 0 Å². The summed E-state index contributed by atoms with van der Waals surface area (Å²) >= 11 is 0. The number of alkyl halides is 3. The molecule has 28 heavy (non-hydrogen) atoms. The fourth-order valence-electron chi connectivity index (χ4n) is 2.97. The molecule has 2 N–H and O–H groups in total. The second-order valence-electron chi connectivity index (χ2n) is 8.08. The Balaban J connectivity index is 2.54. The molecule has 1 heterocycles. The van der Waals surface area contributed by atoms with Crippen molar-refractivity contribution in [3.63, 3.8) is 0 Å². The maximum Gasteiger partial charge on any atom is 0.495 e. The Morgan fingerprint density at radius 3 is 2.25 bits per heavy atom. The minimum Gasteiger partial charge on any atom is -0.497 e. The highest BCUT2D eigenvalue weighted by molar-refractivity contribution is 6.61. The highest BCUT2D eigenvalue weighted by Crippen LogP contribution is 2.38. The van der Waals surface area contributed by atoms with Gasteiger partial charge in [-0.05, 0) is 59.1 Å². The van der Waals surface area contributed by atoms with Gasteiger partial charge in [-0.15, -0.1) is 0 Å². The molecule has 0 bridgehead atoms. The first-order valence-corrected chi connectivity index (χ1v) is 9.27. The lowest BCUT2D eigenvalue weighted by Gasteiger charge is -2.38.